The van der Waals surface area contributed by atoms with Crippen molar-refractivity contribution in [2.24, 2.45) is 0 Å². The molecular formula is C16H24N2O4S. The van der Waals surface area contributed by atoms with Gasteiger partial charge in [-0.1, -0.05) is 26.0 Å². The highest BCUT2D eigenvalue weighted by molar-refractivity contribution is 7.79. The van der Waals surface area contributed by atoms with Gasteiger partial charge in [-0.05, 0) is 12.1 Å². The van der Waals surface area contributed by atoms with Crippen LogP contribution in [0.25, 0.3) is 0 Å². The molecule has 3 aliphatic rings. The van der Waals surface area contributed by atoms with Crippen molar-refractivity contribution < 1.29 is 18.3 Å². The lowest BCUT2D eigenvalue weighted by atomic mass is 10.1. The number of carbonyl (C=O) groups is 1. The molecule has 2 atom stereocenters. The zero-order chi connectivity index (χ0) is 16.8. The van der Waals surface area contributed by atoms with Gasteiger partial charge in [-0.3, -0.25) is 9.80 Å². The molecule has 3 fully saturated rings. The van der Waals surface area contributed by atoms with E-state index in [1.54, 1.807) is 12.1 Å². The summed E-state index contributed by atoms with van der Waals surface area (Å²) in [4.78, 5) is 16.9. The van der Waals surface area contributed by atoms with Gasteiger partial charge in [0.05, 0.1) is 16.5 Å². The Balaban J connectivity index is 0.000000924. The molecule has 3 saturated heterocycles. The van der Waals surface area contributed by atoms with E-state index >= 15 is 0 Å². The number of ether oxygens (including phenoxy) is 1. The van der Waals surface area contributed by atoms with Crippen LogP contribution in [0.2, 0.25) is 0 Å². The summed E-state index contributed by atoms with van der Waals surface area (Å²) < 4.78 is 25.8. The summed E-state index contributed by atoms with van der Waals surface area (Å²) in [5.41, 5.74) is 0.162. The summed E-state index contributed by atoms with van der Waals surface area (Å²) in [5.74, 6) is -0.536. The molecule has 0 saturated carbocycles. The third kappa shape index (κ3) is 4.38. The van der Waals surface area contributed by atoms with E-state index in [2.05, 4.69) is 9.80 Å². The molecule has 1 N–H and O–H groups in total. The number of nitrogens with zero attached hydrogens (tertiary/aromatic N) is 2. The van der Waals surface area contributed by atoms with Crippen molar-refractivity contribution in [3.63, 3.8) is 0 Å². The lowest BCUT2D eigenvalue weighted by Gasteiger charge is -2.47. The van der Waals surface area contributed by atoms with Crippen LogP contribution in [0, 0.1) is 0 Å². The van der Waals surface area contributed by atoms with Crippen molar-refractivity contribution in [3.8, 4) is 0 Å². The van der Waals surface area contributed by atoms with E-state index in [0.717, 1.165) is 32.7 Å². The van der Waals surface area contributed by atoms with Gasteiger partial charge >= 0.3 is 5.97 Å². The minimum atomic E-state index is -2.19. The SMILES string of the molecule is CC.O=C(OCC1CN2CCN1CC2)c1ccccc1S(=O)O. The lowest BCUT2D eigenvalue weighted by Crippen LogP contribution is -2.62. The predicted molar refractivity (Wildman–Crippen MR) is 88.9 cm³/mol. The first-order valence-corrected chi connectivity index (χ1v) is 9.09. The Morgan fingerprint density at radius 2 is 1.91 bits per heavy atom. The van der Waals surface area contributed by atoms with Crippen LogP contribution in [0.5, 0.6) is 0 Å². The molecule has 6 nitrogen and oxygen atoms in total. The van der Waals surface area contributed by atoms with Crippen LogP contribution in [-0.2, 0) is 15.8 Å². The fraction of sp³-hybridized carbons (Fsp3) is 0.562. The molecule has 4 rings (SSSR count). The maximum Gasteiger partial charge on any atom is 0.339 e. The molecule has 3 heterocycles. The van der Waals surface area contributed by atoms with Gasteiger partial charge in [0.25, 0.3) is 0 Å². The second-order valence-electron chi connectivity index (χ2n) is 5.33. The van der Waals surface area contributed by atoms with Crippen LogP contribution in [-0.4, -0.2) is 69.9 Å². The Morgan fingerprint density at radius 3 is 2.48 bits per heavy atom. The van der Waals surface area contributed by atoms with Crippen LogP contribution >= 0.6 is 0 Å². The fourth-order valence-electron chi connectivity index (χ4n) is 2.92. The van der Waals surface area contributed by atoms with Crippen LogP contribution in [0.15, 0.2) is 29.2 Å². The maximum atomic E-state index is 12.1. The molecule has 3 aliphatic heterocycles. The molecule has 1 aromatic carbocycles. The standard InChI is InChI=1S/C14H18N2O4S.C2H6/c17-14(12-3-1-2-4-13(12)21(18)19)20-10-11-9-15-5-7-16(11)8-6-15;1-2/h1-4,11H,5-10H2,(H,18,19);1-2H3. The van der Waals surface area contributed by atoms with E-state index in [4.69, 9.17) is 4.74 Å². The first-order chi connectivity index (χ1) is 11.1. The number of esters is 1. The highest BCUT2D eigenvalue weighted by Crippen LogP contribution is 2.18. The van der Waals surface area contributed by atoms with E-state index in [-0.39, 0.29) is 16.5 Å². The minimum Gasteiger partial charge on any atom is -0.460 e. The molecule has 23 heavy (non-hydrogen) atoms. The topological polar surface area (TPSA) is 70.1 Å². The van der Waals surface area contributed by atoms with Crippen LogP contribution < -0.4 is 0 Å². The summed E-state index contributed by atoms with van der Waals surface area (Å²) in [6, 6.07) is 6.49. The smallest absolute Gasteiger partial charge is 0.339 e. The van der Waals surface area contributed by atoms with E-state index in [1.165, 1.54) is 12.1 Å². The number of fused-ring (bicyclic) bond motifs is 3. The minimum absolute atomic E-state index is 0.0942. The summed E-state index contributed by atoms with van der Waals surface area (Å²) in [7, 11) is 0. The first kappa shape index (κ1) is 18.1. The molecule has 0 amide bonds. The zero-order valence-corrected chi connectivity index (χ0v) is 14.4. The molecule has 0 aliphatic carbocycles. The Labute approximate surface area is 139 Å². The van der Waals surface area contributed by atoms with Crippen molar-refractivity contribution in [1.82, 2.24) is 9.80 Å². The fourth-order valence-corrected chi connectivity index (χ4v) is 3.45. The number of piperazine rings is 3. The van der Waals surface area contributed by atoms with E-state index in [9.17, 15) is 13.6 Å². The third-order valence-electron chi connectivity index (χ3n) is 4.09. The van der Waals surface area contributed by atoms with Gasteiger partial charge in [0.1, 0.15) is 6.61 Å². The Hall–Kier alpha value is -1.28. The summed E-state index contributed by atoms with van der Waals surface area (Å²) in [6.07, 6.45) is 0. The molecule has 2 bridgehead atoms. The largest absolute Gasteiger partial charge is 0.460 e. The van der Waals surface area contributed by atoms with Crippen molar-refractivity contribution in [2.75, 3.05) is 39.3 Å². The summed E-state index contributed by atoms with van der Waals surface area (Å²) in [6.45, 7) is 9.43. The molecular weight excluding hydrogens is 316 g/mol. The molecule has 0 radical (unpaired) electrons. The Kier molecular flexibility index (Phi) is 6.71. The first-order valence-electron chi connectivity index (χ1n) is 7.98. The molecule has 2 unspecified atom stereocenters. The number of carbonyl (C=O) groups excluding carboxylic acids is 1. The highest BCUT2D eigenvalue weighted by Gasteiger charge is 2.32. The van der Waals surface area contributed by atoms with E-state index in [1.807, 2.05) is 13.8 Å². The predicted octanol–water partition coefficient (Wildman–Crippen LogP) is 1.45. The van der Waals surface area contributed by atoms with Crippen molar-refractivity contribution in [1.29, 1.82) is 0 Å². The number of hydrogen-bond acceptors (Lipinski definition) is 5. The second kappa shape index (κ2) is 8.54. The van der Waals surface area contributed by atoms with Gasteiger partial charge in [0, 0.05) is 32.7 Å². The van der Waals surface area contributed by atoms with Crippen LogP contribution in [0.1, 0.15) is 24.2 Å². The van der Waals surface area contributed by atoms with Gasteiger partial charge < -0.3 is 9.29 Å². The van der Waals surface area contributed by atoms with E-state index in [0.29, 0.717) is 6.61 Å². The molecule has 128 valence electrons. The normalized spacial score (nSPS) is 26.8. The molecule has 7 heteroatoms. The number of rotatable bonds is 4. The van der Waals surface area contributed by atoms with E-state index < -0.39 is 17.0 Å². The molecule has 1 aromatic rings. The lowest BCUT2D eigenvalue weighted by molar-refractivity contribution is -0.0217. The highest BCUT2D eigenvalue weighted by atomic mass is 32.2. The van der Waals surface area contributed by atoms with Crippen molar-refractivity contribution in [3.05, 3.63) is 29.8 Å². The number of hydrogen-bond donors (Lipinski definition) is 1. The second-order valence-corrected chi connectivity index (χ2v) is 6.27. The molecule has 0 spiro atoms. The third-order valence-corrected chi connectivity index (χ3v) is 4.83. The average Bonchev–Trinajstić information content (AvgIpc) is 2.62. The monoisotopic (exact) mass is 340 g/mol. The van der Waals surface area contributed by atoms with Gasteiger partial charge in [-0.2, -0.15) is 0 Å². The zero-order valence-electron chi connectivity index (χ0n) is 13.6. The van der Waals surface area contributed by atoms with Crippen molar-refractivity contribution >= 4 is 17.0 Å². The quantitative estimate of drug-likeness (QED) is 0.661. The van der Waals surface area contributed by atoms with Crippen LogP contribution in [0.4, 0.5) is 0 Å². The van der Waals surface area contributed by atoms with Crippen molar-refractivity contribution in [2.45, 2.75) is 24.8 Å². The summed E-state index contributed by atoms with van der Waals surface area (Å²) in [5, 5.41) is 0. The Morgan fingerprint density at radius 1 is 1.26 bits per heavy atom. The van der Waals surface area contributed by atoms with Gasteiger partial charge in [-0.15, -0.1) is 0 Å². The van der Waals surface area contributed by atoms with Crippen LogP contribution in [0.3, 0.4) is 0 Å². The summed E-state index contributed by atoms with van der Waals surface area (Å²) >= 11 is -2.19. The van der Waals surface area contributed by atoms with Gasteiger partial charge in [0.2, 0.25) is 0 Å². The van der Waals surface area contributed by atoms with Gasteiger partial charge in [-0.25, -0.2) is 9.00 Å². The van der Waals surface area contributed by atoms with Gasteiger partial charge in [0.15, 0.2) is 11.1 Å². The average molecular weight is 340 g/mol. The Bertz CT molecular complexity index is 559. The number of benzene rings is 1. The maximum absolute atomic E-state index is 12.1. The molecule has 0 aromatic heterocycles.